The highest BCUT2D eigenvalue weighted by atomic mass is 32.2. The van der Waals surface area contributed by atoms with Crippen LogP contribution in [0.3, 0.4) is 0 Å². The SMILES string of the molecule is Cc1ncsc1CN(C)S(=O)(=O)CCCO. The summed E-state index contributed by atoms with van der Waals surface area (Å²) < 4.78 is 24.8. The van der Waals surface area contributed by atoms with Crippen LogP contribution >= 0.6 is 11.3 Å². The Balaban J connectivity index is 2.65. The van der Waals surface area contributed by atoms with Crippen molar-refractivity contribution in [3.8, 4) is 0 Å². The first-order valence-corrected chi connectivity index (χ1v) is 7.40. The fourth-order valence-corrected chi connectivity index (χ4v) is 3.22. The predicted octanol–water partition coefficient (Wildman–Crippen LogP) is 0.596. The van der Waals surface area contributed by atoms with E-state index in [1.54, 1.807) is 12.6 Å². The maximum atomic E-state index is 11.7. The van der Waals surface area contributed by atoms with Gasteiger partial charge < -0.3 is 5.11 Å². The highest BCUT2D eigenvalue weighted by Crippen LogP contribution is 2.16. The summed E-state index contributed by atoms with van der Waals surface area (Å²) in [5.41, 5.74) is 2.58. The number of aliphatic hydroxyl groups excluding tert-OH is 1. The molecule has 0 aliphatic rings. The minimum absolute atomic E-state index is 0.0160. The molecule has 0 aliphatic carbocycles. The van der Waals surface area contributed by atoms with E-state index in [4.69, 9.17) is 5.11 Å². The zero-order chi connectivity index (χ0) is 12.2. The van der Waals surface area contributed by atoms with Crippen LogP contribution in [-0.4, -0.2) is 42.2 Å². The Kier molecular flexibility index (Phi) is 4.85. The van der Waals surface area contributed by atoms with Crippen LogP contribution in [0.5, 0.6) is 0 Å². The van der Waals surface area contributed by atoms with E-state index in [2.05, 4.69) is 4.98 Å². The number of aryl methyl sites for hydroxylation is 1. The Morgan fingerprint density at radius 3 is 2.75 bits per heavy atom. The molecular formula is C9H16N2O3S2. The Morgan fingerprint density at radius 2 is 2.25 bits per heavy atom. The third-order valence-electron chi connectivity index (χ3n) is 2.25. The lowest BCUT2D eigenvalue weighted by atomic mass is 10.4. The Labute approximate surface area is 99.8 Å². The summed E-state index contributed by atoms with van der Waals surface area (Å²) >= 11 is 1.45. The van der Waals surface area contributed by atoms with Gasteiger partial charge in [0.2, 0.25) is 10.0 Å². The summed E-state index contributed by atoms with van der Waals surface area (Å²) in [6, 6.07) is 0. The molecular weight excluding hydrogens is 248 g/mol. The van der Waals surface area contributed by atoms with Gasteiger partial charge in [-0.05, 0) is 13.3 Å². The summed E-state index contributed by atoms with van der Waals surface area (Å²) in [4.78, 5) is 5.02. The molecule has 1 heterocycles. The van der Waals surface area contributed by atoms with Crippen LogP contribution in [0, 0.1) is 6.92 Å². The highest BCUT2D eigenvalue weighted by molar-refractivity contribution is 7.89. The second-order valence-electron chi connectivity index (χ2n) is 3.51. The third kappa shape index (κ3) is 3.51. The van der Waals surface area contributed by atoms with Gasteiger partial charge in [-0.1, -0.05) is 0 Å². The average Bonchev–Trinajstić information content (AvgIpc) is 2.61. The van der Waals surface area contributed by atoms with E-state index in [1.807, 2.05) is 6.92 Å². The zero-order valence-corrected chi connectivity index (χ0v) is 11.0. The van der Waals surface area contributed by atoms with Gasteiger partial charge >= 0.3 is 0 Å². The van der Waals surface area contributed by atoms with Crippen molar-refractivity contribution >= 4 is 21.4 Å². The molecule has 0 saturated carbocycles. The van der Waals surface area contributed by atoms with E-state index >= 15 is 0 Å². The second-order valence-corrected chi connectivity index (χ2v) is 6.64. The minimum atomic E-state index is -3.26. The van der Waals surface area contributed by atoms with Crippen molar-refractivity contribution in [2.45, 2.75) is 19.9 Å². The van der Waals surface area contributed by atoms with Crippen LogP contribution in [-0.2, 0) is 16.6 Å². The molecule has 0 radical (unpaired) electrons. The quantitative estimate of drug-likeness (QED) is 0.816. The maximum Gasteiger partial charge on any atom is 0.214 e. The van der Waals surface area contributed by atoms with Crippen molar-refractivity contribution in [2.24, 2.45) is 0 Å². The van der Waals surface area contributed by atoms with Gasteiger partial charge in [0.25, 0.3) is 0 Å². The van der Waals surface area contributed by atoms with Gasteiger partial charge in [-0.2, -0.15) is 4.31 Å². The number of hydrogen-bond acceptors (Lipinski definition) is 5. The molecule has 0 atom stereocenters. The zero-order valence-electron chi connectivity index (χ0n) is 9.38. The minimum Gasteiger partial charge on any atom is -0.396 e. The lowest BCUT2D eigenvalue weighted by Crippen LogP contribution is -2.29. The van der Waals surface area contributed by atoms with Crippen LogP contribution in [0.2, 0.25) is 0 Å². The van der Waals surface area contributed by atoms with E-state index < -0.39 is 10.0 Å². The number of hydrogen-bond donors (Lipinski definition) is 1. The normalized spacial score (nSPS) is 12.2. The van der Waals surface area contributed by atoms with E-state index in [0.717, 1.165) is 10.6 Å². The molecule has 1 aromatic rings. The smallest absolute Gasteiger partial charge is 0.214 e. The fourth-order valence-electron chi connectivity index (χ4n) is 1.18. The van der Waals surface area contributed by atoms with E-state index in [0.29, 0.717) is 6.54 Å². The predicted molar refractivity (Wildman–Crippen MR) is 63.8 cm³/mol. The molecule has 0 amide bonds. The fraction of sp³-hybridized carbons (Fsp3) is 0.667. The molecule has 7 heteroatoms. The number of rotatable bonds is 6. The van der Waals surface area contributed by atoms with Gasteiger partial charge in [-0.3, -0.25) is 0 Å². The number of thiazole rings is 1. The van der Waals surface area contributed by atoms with Gasteiger partial charge in [-0.25, -0.2) is 13.4 Å². The molecule has 1 aromatic heterocycles. The van der Waals surface area contributed by atoms with E-state index in [9.17, 15) is 8.42 Å². The summed E-state index contributed by atoms with van der Waals surface area (Å²) in [5, 5.41) is 8.62. The van der Waals surface area contributed by atoms with Crippen LogP contribution in [0.4, 0.5) is 0 Å². The van der Waals surface area contributed by atoms with E-state index in [-0.39, 0.29) is 18.8 Å². The van der Waals surface area contributed by atoms with Crippen molar-refractivity contribution in [3.63, 3.8) is 0 Å². The van der Waals surface area contributed by atoms with Crippen molar-refractivity contribution in [1.29, 1.82) is 0 Å². The molecule has 1 N–H and O–H groups in total. The Bertz CT molecular complexity index is 428. The van der Waals surface area contributed by atoms with Gasteiger partial charge in [0.05, 0.1) is 17.0 Å². The van der Waals surface area contributed by atoms with Crippen molar-refractivity contribution in [2.75, 3.05) is 19.4 Å². The largest absolute Gasteiger partial charge is 0.396 e. The summed E-state index contributed by atoms with van der Waals surface area (Å²) in [6.45, 7) is 2.11. The average molecular weight is 264 g/mol. The molecule has 92 valence electrons. The maximum absolute atomic E-state index is 11.7. The third-order valence-corrected chi connectivity index (χ3v) is 5.05. The van der Waals surface area contributed by atoms with Crippen LogP contribution in [0.25, 0.3) is 0 Å². The van der Waals surface area contributed by atoms with Crippen molar-refractivity contribution in [1.82, 2.24) is 9.29 Å². The number of nitrogens with zero attached hydrogens (tertiary/aromatic N) is 2. The van der Waals surface area contributed by atoms with Crippen LogP contribution < -0.4 is 0 Å². The first-order chi connectivity index (χ1) is 7.47. The lowest BCUT2D eigenvalue weighted by molar-refractivity contribution is 0.294. The molecule has 5 nitrogen and oxygen atoms in total. The molecule has 0 spiro atoms. The molecule has 0 fully saturated rings. The number of aliphatic hydroxyl groups is 1. The molecule has 0 saturated heterocycles. The van der Waals surface area contributed by atoms with Crippen LogP contribution in [0.1, 0.15) is 17.0 Å². The van der Waals surface area contributed by atoms with Gasteiger partial charge in [-0.15, -0.1) is 11.3 Å². The second kappa shape index (κ2) is 5.72. The summed E-state index contributed by atoms with van der Waals surface area (Å²) in [6.07, 6.45) is 0.272. The molecule has 0 aliphatic heterocycles. The molecule has 0 unspecified atom stereocenters. The molecule has 0 aromatic carbocycles. The van der Waals surface area contributed by atoms with Crippen LogP contribution in [0.15, 0.2) is 5.51 Å². The Morgan fingerprint density at radius 1 is 1.56 bits per heavy atom. The monoisotopic (exact) mass is 264 g/mol. The van der Waals surface area contributed by atoms with Gasteiger partial charge in [0, 0.05) is 25.1 Å². The molecule has 16 heavy (non-hydrogen) atoms. The first kappa shape index (κ1) is 13.6. The molecule has 0 bridgehead atoms. The van der Waals surface area contributed by atoms with Crippen molar-refractivity contribution in [3.05, 3.63) is 16.1 Å². The number of sulfonamides is 1. The highest BCUT2D eigenvalue weighted by Gasteiger charge is 2.18. The van der Waals surface area contributed by atoms with Gasteiger partial charge in [0.15, 0.2) is 0 Å². The van der Waals surface area contributed by atoms with Crippen molar-refractivity contribution < 1.29 is 13.5 Å². The topological polar surface area (TPSA) is 70.5 Å². The summed E-state index contributed by atoms with van der Waals surface area (Å²) in [5.74, 6) is -0.0160. The summed E-state index contributed by atoms with van der Waals surface area (Å²) in [7, 11) is -1.72. The number of aromatic nitrogens is 1. The van der Waals surface area contributed by atoms with Gasteiger partial charge in [0.1, 0.15) is 0 Å². The lowest BCUT2D eigenvalue weighted by Gasteiger charge is -2.16. The standard InChI is InChI=1S/C9H16N2O3S2/c1-8-9(15-7-10-8)6-11(2)16(13,14)5-3-4-12/h7,12H,3-6H2,1-2H3. The first-order valence-electron chi connectivity index (χ1n) is 4.91. The van der Waals surface area contributed by atoms with E-state index in [1.165, 1.54) is 15.6 Å². The Hall–Kier alpha value is -0.500. The molecule has 1 rings (SSSR count).